The van der Waals surface area contributed by atoms with E-state index >= 15 is 0 Å². The van der Waals surface area contributed by atoms with Crippen molar-refractivity contribution in [3.8, 4) is 5.75 Å². The lowest BCUT2D eigenvalue weighted by Crippen LogP contribution is -1.99. The van der Waals surface area contributed by atoms with E-state index in [0.717, 1.165) is 20.9 Å². The number of aromatic carboxylic acids is 1. The number of ether oxygens (including phenoxy) is 1. The third kappa shape index (κ3) is 4.56. The van der Waals surface area contributed by atoms with E-state index in [1.54, 1.807) is 17.8 Å². The van der Waals surface area contributed by atoms with Crippen LogP contribution in [-0.4, -0.2) is 23.4 Å². The van der Waals surface area contributed by atoms with Gasteiger partial charge in [0.2, 0.25) is 0 Å². The SMILES string of the molecule is O=C(O)c1cc(SCCOc2cccc(Br)c2)cs1. The normalized spacial score (nSPS) is 10.4. The quantitative estimate of drug-likeness (QED) is 0.614. The summed E-state index contributed by atoms with van der Waals surface area (Å²) in [6, 6.07) is 9.38. The van der Waals surface area contributed by atoms with Crippen molar-refractivity contribution >= 4 is 45.0 Å². The van der Waals surface area contributed by atoms with Crippen molar-refractivity contribution in [1.82, 2.24) is 0 Å². The van der Waals surface area contributed by atoms with Crippen molar-refractivity contribution in [3.63, 3.8) is 0 Å². The van der Waals surface area contributed by atoms with Crippen LogP contribution in [0.25, 0.3) is 0 Å². The van der Waals surface area contributed by atoms with Gasteiger partial charge >= 0.3 is 5.97 Å². The first-order chi connectivity index (χ1) is 9.15. The molecule has 0 atom stereocenters. The third-order valence-corrected chi connectivity index (χ3v) is 4.70. The van der Waals surface area contributed by atoms with Crippen molar-refractivity contribution in [2.24, 2.45) is 0 Å². The number of carboxylic acids is 1. The molecule has 0 spiro atoms. The molecule has 2 aromatic rings. The van der Waals surface area contributed by atoms with Gasteiger partial charge in [0.1, 0.15) is 10.6 Å². The Labute approximate surface area is 127 Å². The Hall–Kier alpha value is -0.980. The lowest BCUT2D eigenvalue weighted by molar-refractivity contribution is 0.0702. The number of thiophene rings is 1. The molecule has 0 aliphatic heterocycles. The first kappa shape index (κ1) is 14.4. The number of benzene rings is 1. The molecule has 0 bridgehead atoms. The molecule has 0 aliphatic rings. The highest BCUT2D eigenvalue weighted by Gasteiger charge is 2.06. The summed E-state index contributed by atoms with van der Waals surface area (Å²) in [5.41, 5.74) is 0. The average molecular weight is 359 g/mol. The number of hydrogen-bond acceptors (Lipinski definition) is 4. The number of rotatable bonds is 6. The van der Waals surface area contributed by atoms with Crippen LogP contribution in [0.5, 0.6) is 5.75 Å². The van der Waals surface area contributed by atoms with Gasteiger partial charge in [-0.1, -0.05) is 22.0 Å². The van der Waals surface area contributed by atoms with Gasteiger partial charge in [-0.05, 0) is 24.3 Å². The van der Waals surface area contributed by atoms with Crippen molar-refractivity contribution in [2.45, 2.75) is 4.90 Å². The van der Waals surface area contributed by atoms with E-state index in [2.05, 4.69) is 15.9 Å². The maximum atomic E-state index is 10.7. The average Bonchev–Trinajstić information content (AvgIpc) is 2.84. The topological polar surface area (TPSA) is 46.5 Å². The van der Waals surface area contributed by atoms with Gasteiger partial charge in [0, 0.05) is 20.5 Å². The number of hydrogen-bond donors (Lipinski definition) is 1. The first-order valence-corrected chi connectivity index (χ1v) is 8.14. The van der Waals surface area contributed by atoms with Crippen LogP contribution in [-0.2, 0) is 0 Å². The van der Waals surface area contributed by atoms with Crippen molar-refractivity contribution < 1.29 is 14.6 Å². The summed E-state index contributed by atoms with van der Waals surface area (Å²) in [5.74, 6) is 0.733. The van der Waals surface area contributed by atoms with Gasteiger partial charge < -0.3 is 9.84 Å². The lowest BCUT2D eigenvalue weighted by Gasteiger charge is -2.05. The van der Waals surface area contributed by atoms with E-state index in [1.165, 1.54) is 11.3 Å². The largest absolute Gasteiger partial charge is 0.493 e. The molecular formula is C13H11BrO3S2. The molecule has 3 nitrogen and oxygen atoms in total. The molecule has 0 amide bonds. The Bertz CT molecular complexity index is 569. The lowest BCUT2D eigenvalue weighted by atomic mass is 10.3. The van der Waals surface area contributed by atoms with Crippen LogP contribution in [0.2, 0.25) is 0 Å². The van der Waals surface area contributed by atoms with Gasteiger partial charge in [0.05, 0.1) is 6.61 Å². The maximum absolute atomic E-state index is 10.7. The minimum Gasteiger partial charge on any atom is -0.493 e. The van der Waals surface area contributed by atoms with Crippen LogP contribution < -0.4 is 4.74 Å². The summed E-state index contributed by atoms with van der Waals surface area (Å²) in [6.45, 7) is 0.583. The molecule has 1 aromatic heterocycles. The molecule has 1 heterocycles. The van der Waals surface area contributed by atoms with E-state index < -0.39 is 5.97 Å². The Morgan fingerprint density at radius 3 is 2.95 bits per heavy atom. The minimum absolute atomic E-state index is 0.371. The summed E-state index contributed by atoms with van der Waals surface area (Å²) in [4.78, 5) is 12.1. The predicted octanol–water partition coefficient (Wildman–Crippen LogP) is 4.38. The summed E-state index contributed by atoms with van der Waals surface area (Å²) >= 11 is 6.22. The second kappa shape index (κ2) is 6.98. The van der Waals surface area contributed by atoms with Crippen LogP contribution in [0.4, 0.5) is 0 Å². The molecule has 0 radical (unpaired) electrons. The second-order valence-corrected chi connectivity index (χ2v) is 6.60. The Morgan fingerprint density at radius 1 is 1.42 bits per heavy atom. The molecular weight excluding hydrogens is 348 g/mol. The fourth-order valence-electron chi connectivity index (χ4n) is 1.38. The van der Waals surface area contributed by atoms with E-state index in [9.17, 15) is 4.79 Å². The molecule has 1 N–H and O–H groups in total. The van der Waals surface area contributed by atoms with Crippen LogP contribution in [0.1, 0.15) is 9.67 Å². The zero-order chi connectivity index (χ0) is 13.7. The molecule has 100 valence electrons. The molecule has 1 aromatic carbocycles. The molecule has 0 fully saturated rings. The van der Waals surface area contributed by atoms with E-state index in [0.29, 0.717) is 11.5 Å². The van der Waals surface area contributed by atoms with Crippen LogP contribution >= 0.6 is 39.0 Å². The molecule has 0 saturated carbocycles. The summed E-state index contributed by atoms with van der Waals surface area (Å²) in [7, 11) is 0. The van der Waals surface area contributed by atoms with E-state index in [1.807, 2.05) is 29.6 Å². The highest BCUT2D eigenvalue weighted by molar-refractivity contribution is 9.10. The Morgan fingerprint density at radius 2 is 2.26 bits per heavy atom. The van der Waals surface area contributed by atoms with Gasteiger partial charge in [-0.25, -0.2) is 4.79 Å². The fourth-order valence-corrected chi connectivity index (χ4v) is 3.46. The zero-order valence-corrected chi connectivity index (χ0v) is 13.1. The van der Waals surface area contributed by atoms with E-state index in [4.69, 9.17) is 9.84 Å². The zero-order valence-electron chi connectivity index (χ0n) is 9.84. The molecule has 0 saturated heterocycles. The monoisotopic (exact) mass is 358 g/mol. The highest BCUT2D eigenvalue weighted by Crippen LogP contribution is 2.25. The third-order valence-electron chi connectivity index (χ3n) is 2.20. The van der Waals surface area contributed by atoms with Gasteiger partial charge in [-0.2, -0.15) is 0 Å². The summed E-state index contributed by atoms with van der Waals surface area (Å²) < 4.78 is 6.59. The van der Waals surface area contributed by atoms with Gasteiger partial charge in [-0.3, -0.25) is 0 Å². The van der Waals surface area contributed by atoms with Gasteiger partial charge in [0.25, 0.3) is 0 Å². The smallest absolute Gasteiger partial charge is 0.345 e. The van der Waals surface area contributed by atoms with Crippen LogP contribution in [0, 0.1) is 0 Å². The molecule has 19 heavy (non-hydrogen) atoms. The number of thioether (sulfide) groups is 1. The number of carboxylic acid groups (broad SMARTS) is 1. The highest BCUT2D eigenvalue weighted by atomic mass is 79.9. The Balaban J connectivity index is 1.76. The predicted molar refractivity (Wildman–Crippen MR) is 81.6 cm³/mol. The minimum atomic E-state index is -0.873. The summed E-state index contributed by atoms with van der Waals surface area (Å²) in [5, 5.41) is 10.7. The first-order valence-electron chi connectivity index (χ1n) is 5.48. The van der Waals surface area contributed by atoms with Gasteiger partial charge in [0.15, 0.2) is 0 Å². The van der Waals surface area contributed by atoms with Crippen LogP contribution in [0.3, 0.4) is 0 Å². The van der Waals surface area contributed by atoms with Crippen molar-refractivity contribution in [3.05, 3.63) is 45.1 Å². The van der Waals surface area contributed by atoms with Crippen molar-refractivity contribution in [1.29, 1.82) is 0 Å². The molecule has 2 rings (SSSR count). The molecule has 0 unspecified atom stereocenters. The van der Waals surface area contributed by atoms with Crippen molar-refractivity contribution in [2.75, 3.05) is 12.4 Å². The van der Waals surface area contributed by atoms with Gasteiger partial charge in [-0.15, -0.1) is 23.1 Å². The standard InChI is InChI=1S/C13H11BrO3S2/c14-9-2-1-3-10(6-9)17-4-5-18-11-7-12(13(15)16)19-8-11/h1-3,6-8H,4-5H2,(H,15,16). The number of halogens is 1. The second-order valence-electron chi connectivity index (χ2n) is 3.61. The molecule has 6 heteroatoms. The van der Waals surface area contributed by atoms with E-state index in [-0.39, 0.29) is 0 Å². The summed E-state index contributed by atoms with van der Waals surface area (Å²) in [6.07, 6.45) is 0. The Kier molecular flexibility index (Phi) is 5.30. The van der Waals surface area contributed by atoms with Crippen LogP contribution in [0.15, 0.2) is 45.1 Å². The molecule has 0 aliphatic carbocycles. The number of carbonyl (C=O) groups is 1. The fraction of sp³-hybridized carbons (Fsp3) is 0.154. The maximum Gasteiger partial charge on any atom is 0.345 e.